The first-order valence-corrected chi connectivity index (χ1v) is 8.23. The van der Waals surface area contributed by atoms with E-state index in [2.05, 4.69) is 31.9 Å². The molecule has 1 fully saturated rings. The van der Waals surface area contributed by atoms with Gasteiger partial charge >= 0.3 is 0 Å². The van der Waals surface area contributed by atoms with Gasteiger partial charge in [0.05, 0.1) is 6.33 Å². The Hall–Kier alpha value is -2.14. The van der Waals surface area contributed by atoms with Gasteiger partial charge in [0.1, 0.15) is 0 Å². The van der Waals surface area contributed by atoms with Crippen LogP contribution in [0.3, 0.4) is 0 Å². The zero-order valence-corrected chi connectivity index (χ0v) is 13.6. The van der Waals surface area contributed by atoms with Crippen molar-refractivity contribution in [1.29, 1.82) is 0 Å². The molecule has 0 spiro atoms. The molecule has 0 bridgehead atoms. The third kappa shape index (κ3) is 4.66. The third-order valence-electron chi connectivity index (χ3n) is 4.31. The Labute approximate surface area is 137 Å². The van der Waals surface area contributed by atoms with E-state index in [0.29, 0.717) is 5.92 Å². The molecule has 2 heterocycles. The Morgan fingerprint density at radius 1 is 1.35 bits per heavy atom. The molecule has 1 aliphatic rings. The Morgan fingerprint density at radius 3 is 2.87 bits per heavy atom. The number of imidazole rings is 1. The smallest absolute Gasteiger partial charge is 0.221 e. The fraction of sp³-hybridized carbons (Fsp3) is 0.444. The van der Waals surface area contributed by atoms with Crippen LogP contribution in [0.1, 0.15) is 25.3 Å². The van der Waals surface area contributed by atoms with Crippen molar-refractivity contribution in [3.8, 4) is 0 Å². The molecule has 0 radical (unpaired) electrons. The van der Waals surface area contributed by atoms with Crippen molar-refractivity contribution in [2.45, 2.75) is 32.9 Å². The van der Waals surface area contributed by atoms with Crippen LogP contribution in [0, 0.1) is 5.92 Å². The van der Waals surface area contributed by atoms with E-state index in [1.807, 2.05) is 30.9 Å². The van der Waals surface area contributed by atoms with Crippen LogP contribution in [-0.4, -0.2) is 33.4 Å². The first-order chi connectivity index (χ1) is 11.2. The number of anilines is 1. The topological polar surface area (TPSA) is 50.2 Å². The van der Waals surface area contributed by atoms with E-state index >= 15 is 0 Å². The molecule has 23 heavy (non-hydrogen) atoms. The standard InChI is InChI=1S/C18H24N4O/c1-15(23)20-18-6-4-16(5-7-18)11-21-9-2-3-17(12-21)13-22-10-8-19-14-22/h4-8,10,14,17H,2-3,9,11-13H2,1H3,(H,20,23). The summed E-state index contributed by atoms with van der Waals surface area (Å²) in [5.74, 6) is 0.660. The van der Waals surface area contributed by atoms with Crippen molar-refractivity contribution >= 4 is 11.6 Å². The van der Waals surface area contributed by atoms with E-state index in [1.54, 1.807) is 0 Å². The van der Waals surface area contributed by atoms with Gasteiger partial charge in [0.2, 0.25) is 5.91 Å². The van der Waals surface area contributed by atoms with Gasteiger partial charge in [0, 0.05) is 44.6 Å². The minimum atomic E-state index is -0.0314. The number of carbonyl (C=O) groups excluding carboxylic acids is 1. The van der Waals surface area contributed by atoms with Crippen LogP contribution in [-0.2, 0) is 17.9 Å². The largest absolute Gasteiger partial charge is 0.337 e. The first-order valence-electron chi connectivity index (χ1n) is 8.23. The maximum atomic E-state index is 11.1. The molecule has 2 aromatic rings. The summed E-state index contributed by atoms with van der Waals surface area (Å²) in [6, 6.07) is 8.16. The molecular formula is C18H24N4O. The van der Waals surface area contributed by atoms with Crippen molar-refractivity contribution in [1.82, 2.24) is 14.5 Å². The molecule has 1 atom stereocenters. The number of hydrogen-bond acceptors (Lipinski definition) is 3. The number of benzene rings is 1. The van der Waals surface area contributed by atoms with E-state index < -0.39 is 0 Å². The second kappa shape index (κ2) is 7.42. The Balaban J connectivity index is 1.53. The molecule has 0 aliphatic carbocycles. The SMILES string of the molecule is CC(=O)Nc1ccc(CN2CCCC(Cn3ccnc3)C2)cc1. The number of carbonyl (C=O) groups is 1. The number of aromatic nitrogens is 2. The molecule has 1 aromatic carbocycles. The number of nitrogens with zero attached hydrogens (tertiary/aromatic N) is 3. The minimum Gasteiger partial charge on any atom is -0.337 e. The fourth-order valence-corrected chi connectivity index (χ4v) is 3.29. The number of amides is 1. The van der Waals surface area contributed by atoms with Gasteiger partial charge in [-0.25, -0.2) is 4.98 Å². The van der Waals surface area contributed by atoms with E-state index in [1.165, 1.54) is 25.3 Å². The Morgan fingerprint density at radius 2 is 2.17 bits per heavy atom. The molecule has 1 aromatic heterocycles. The summed E-state index contributed by atoms with van der Waals surface area (Å²) >= 11 is 0. The van der Waals surface area contributed by atoms with Gasteiger partial charge in [-0.3, -0.25) is 9.69 Å². The molecule has 122 valence electrons. The van der Waals surface area contributed by atoms with E-state index in [0.717, 1.165) is 31.9 Å². The molecule has 5 heteroatoms. The number of nitrogens with one attached hydrogen (secondary N) is 1. The molecule has 3 rings (SSSR count). The lowest BCUT2D eigenvalue weighted by Gasteiger charge is -2.33. The van der Waals surface area contributed by atoms with Gasteiger partial charge < -0.3 is 9.88 Å². The molecular weight excluding hydrogens is 288 g/mol. The summed E-state index contributed by atoms with van der Waals surface area (Å²) in [6.45, 7) is 5.85. The maximum Gasteiger partial charge on any atom is 0.221 e. The number of hydrogen-bond donors (Lipinski definition) is 1. The second-order valence-corrected chi connectivity index (χ2v) is 6.38. The predicted molar refractivity (Wildman–Crippen MR) is 91.0 cm³/mol. The Kier molecular flexibility index (Phi) is 5.08. The van der Waals surface area contributed by atoms with Crippen LogP contribution in [0.5, 0.6) is 0 Å². The summed E-state index contributed by atoms with van der Waals surface area (Å²) in [6.07, 6.45) is 8.33. The van der Waals surface area contributed by atoms with Gasteiger partial charge in [-0.05, 0) is 43.0 Å². The van der Waals surface area contributed by atoms with Crippen LogP contribution in [0.4, 0.5) is 5.69 Å². The van der Waals surface area contributed by atoms with Crippen LogP contribution >= 0.6 is 0 Å². The maximum absolute atomic E-state index is 11.1. The number of piperidine rings is 1. The highest BCUT2D eigenvalue weighted by Gasteiger charge is 2.20. The van der Waals surface area contributed by atoms with Crippen LogP contribution in [0.25, 0.3) is 0 Å². The zero-order valence-electron chi connectivity index (χ0n) is 13.6. The van der Waals surface area contributed by atoms with E-state index in [9.17, 15) is 4.79 Å². The fourth-order valence-electron chi connectivity index (χ4n) is 3.29. The van der Waals surface area contributed by atoms with Crippen LogP contribution in [0.15, 0.2) is 43.0 Å². The zero-order chi connectivity index (χ0) is 16.1. The summed E-state index contributed by atoms with van der Waals surface area (Å²) in [4.78, 5) is 17.7. The lowest BCUT2D eigenvalue weighted by atomic mass is 9.97. The molecule has 1 N–H and O–H groups in total. The predicted octanol–water partition coefficient (Wildman–Crippen LogP) is 2.75. The molecule has 5 nitrogen and oxygen atoms in total. The first kappa shape index (κ1) is 15.7. The van der Waals surface area contributed by atoms with Crippen LogP contribution in [0.2, 0.25) is 0 Å². The minimum absolute atomic E-state index is 0.0314. The highest BCUT2D eigenvalue weighted by atomic mass is 16.1. The van der Waals surface area contributed by atoms with Crippen molar-refractivity contribution in [3.63, 3.8) is 0 Å². The van der Waals surface area contributed by atoms with Gasteiger partial charge in [0.25, 0.3) is 0 Å². The lowest BCUT2D eigenvalue weighted by molar-refractivity contribution is -0.114. The van der Waals surface area contributed by atoms with Crippen molar-refractivity contribution in [2.24, 2.45) is 5.92 Å². The monoisotopic (exact) mass is 312 g/mol. The second-order valence-electron chi connectivity index (χ2n) is 6.38. The molecule has 0 saturated carbocycles. The summed E-state index contributed by atoms with van der Waals surface area (Å²) in [5, 5.41) is 2.81. The molecule has 1 unspecified atom stereocenters. The average Bonchev–Trinajstić information content (AvgIpc) is 3.02. The third-order valence-corrected chi connectivity index (χ3v) is 4.31. The Bertz CT molecular complexity index is 621. The quantitative estimate of drug-likeness (QED) is 0.923. The van der Waals surface area contributed by atoms with Gasteiger partial charge in [-0.1, -0.05) is 12.1 Å². The summed E-state index contributed by atoms with van der Waals surface area (Å²) < 4.78 is 2.18. The van der Waals surface area contributed by atoms with Gasteiger partial charge in [-0.15, -0.1) is 0 Å². The van der Waals surface area contributed by atoms with Crippen molar-refractivity contribution < 1.29 is 4.79 Å². The summed E-state index contributed by atoms with van der Waals surface area (Å²) in [7, 11) is 0. The van der Waals surface area contributed by atoms with Gasteiger partial charge in [-0.2, -0.15) is 0 Å². The lowest BCUT2D eigenvalue weighted by Crippen LogP contribution is -2.36. The number of likely N-dealkylation sites (tertiary alicyclic amines) is 1. The van der Waals surface area contributed by atoms with E-state index in [-0.39, 0.29) is 5.91 Å². The molecule has 1 amide bonds. The summed E-state index contributed by atoms with van der Waals surface area (Å²) in [5.41, 5.74) is 2.15. The van der Waals surface area contributed by atoms with E-state index in [4.69, 9.17) is 0 Å². The molecule has 1 aliphatic heterocycles. The number of rotatable bonds is 5. The highest BCUT2D eigenvalue weighted by Crippen LogP contribution is 2.20. The van der Waals surface area contributed by atoms with Crippen molar-refractivity contribution in [3.05, 3.63) is 48.5 Å². The molecule has 1 saturated heterocycles. The van der Waals surface area contributed by atoms with Crippen LogP contribution < -0.4 is 5.32 Å². The van der Waals surface area contributed by atoms with Gasteiger partial charge in [0.15, 0.2) is 0 Å². The highest BCUT2D eigenvalue weighted by molar-refractivity contribution is 5.88. The average molecular weight is 312 g/mol. The normalized spacial score (nSPS) is 18.7. The van der Waals surface area contributed by atoms with Crippen molar-refractivity contribution in [2.75, 3.05) is 18.4 Å².